The minimum absolute atomic E-state index is 0.0236. The molecule has 2 rings (SSSR count). The van der Waals surface area contributed by atoms with Crippen LogP contribution < -0.4 is 20.9 Å². The van der Waals surface area contributed by atoms with Crippen molar-refractivity contribution in [3.05, 3.63) is 36.4 Å². The van der Waals surface area contributed by atoms with Crippen LogP contribution in [0.2, 0.25) is 0 Å². The maximum atomic E-state index is 10.8. The van der Waals surface area contributed by atoms with Crippen molar-refractivity contribution in [3.8, 4) is 22.6 Å². The molecule has 6 N–H and O–H groups in total. The molecular formula is C18H24N2O8S2. The molecule has 12 heteroatoms. The summed E-state index contributed by atoms with van der Waals surface area (Å²) in [5.74, 6) is -0.126. The third kappa shape index (κ3) is 8.06. The van der Waals surface area contributed by atoms with Gasteiger partial charge in [-0.1, -0.05) is 0 Å². The highest BCUT2D eigenvalue weighted by molar-refractivity contribution is 7.86. The molecule has 0 aliphatic carbocycles. The van der Waals surface area contributed by atoms with Crippen molar-refractivity contribution in [2.75, 3.05) is 36.2 Å². The Morgan fingerprint density at radius 3 is 1.40 bits per heavy atom. The van der Waals surface area contributed by atoms with Crippen LogP contribution >= 0.6 is 0 Å². The summed E-state index contributed by atoms with van der Waals surface area (Å²) in [5, 5.41) is 0. The Balaban J connectivity index is 2.23. The maximum Gasteiger partial charge on any atom is 0.264 e. The summed E-state index contributed by atoms with van der Waals surface area (Å²) in [7, 11) is -8.17. The van der Waals surface area contributed by atoms with Crippen LogP contribution in [0, 0.1) is 0 Å². The standard InChI is InChI=1S/C18H24N2O8S2/c19-13-3-5-15(17(11-13)27-7-1-9-29(21,22)23)16-6-4-14(20)12-18(16)28-8-2-10-30(24,25)26/h3-6,11-12H,1-2,7-10,19-20H2,(H,21,22,23)(H,24,25,26). The molecule has 0 saturated heterocycles. The summed E-state index contributed by atoms with van der Waals surface area (Å²) in [5.41, 5.74) is 13.7. The third-order valence-corrected chi connectivity index (χ3v) is 5.52. The highest BCUT2D eigenvalue weighted by Gasteiger charge is 2.14. The quantitative estimate of drug-likeness (QED) is 0.219. The highest BCUT2D eigenvalue weighted by Crippen LogP contribution is 2.38. The SMILES string of the molecule is Nc1ccc(-c2ccc(N)cc2OCCCS(=O)(=O)O)c(OCCCS(=O)(=O)O)c1. The average Bonchev–Trinajstić information content (AvgIpc) is 2.62. The van der Waals surface area contributed by atoms with E-state index in [-0.39, 0.29) is 26.1 Å². The Morgan fingerprint density at radius 1 is 0.700 bits per heavy atom. The molecule has 30 heavy (non-hydrogen) atoms. The van der Waals surface area contributed by atoms with Gasteiger partial charge in [0, 0.05) is 34.6 Å². The molecule has 10 nitrogen and oxygen atoms in total. The van der Waals surface area contributed by atoms with E-state index in [1.165, 1.54) is 0 Å². The number of hydrogen-bond donors (Lipinski definition) is 4. The lowest BCUT2D eigenvalue weighted by Gasteiger charge is -2.16. The molecule has 0 unspecified atom stereocenters. The summed E-state index contributed by atoms with van der Waals surface area (Å²) >= 11 is 0. The van der Waals surface area contributed by atoms with Crippen molar-refractivity contribution in [1.29, 1.82) is 0 Å². The van der Waals surface area contributed by atoms with Crippen LogP contribution in [-0.2, 0) is 20.2 Å². The summed E-state index contributed by atoms with van der Waals surface area (Å²) in [6.45, 7) is 0.0472. The fraction of sp³-hybridized carbons (Fsp3) is 0.333. The van der Waals surface area contributed by atoms with E-state index in [0.717, 1.165) is 0 Å². The maximum absolute atomic E-state index is 10.8. The number of benzene rings is 2. The highest BCUT2D eigenvalue weighted by atomic mass is 32.2. The van der Waals surface area contributed by atoms with Gasteiger partial charge in [-0.05, 0) is 37.1 Å². The predicted octanol–water partition coefficient (Wildman–Crippen LogP) is 1.83. The van der Waals surface area contributed by atoms with Gasteiger partial charge in [0.25, 0.3) is 20.2 Å². The zero-order valence-electron chi connectivity index (χ0n) is 16.0. The molecule has 0 aliphatic heterocycles. The molecule has 0 amide bonds. The van der Waals surface area contributed by atoms with Crippen LogP contribution in [-0.4, -0.2) is 50.7 Å². The van der Waals surface area contributed by atoms with Gasteiger partial charge in [-0.3, -0.25) is 9.11 Å². The number of ether oxygens (including phenoxy) is 2. The first kappa shape index (κ1) is 23.7. The molecule has 0 heterocycles. The van der Waals surface area contributed by atoms with Crippen LogP contribution in [0.15, 0.2) is 36.4 Å². The van der Waals surface area contributed by atoms with Gasteiger partial charge in [0.2, 0.25) is 0 Å². The van der Waals surface area contributed by atoms with Gasteiger partial charge < -0.3 is 20.9 Å². The van der Waals surface area contributed by atoms with Gasteiger partial charge in [-0.15, -0.1) is 0 Å². The molecule has 0 bridgehead atoms. The summed E-state index contributed by atoms with van der Waals surface area (Å²) in [6.07, 6.45) is 0.154. The molecule has 2 aromatic rings. The largest absolute Gasteiger partial charge is 0.493 e. The molecular weight excluding hydrogens is 436 g/mol. The van der Waals surface area contributed by atoms with Gasteiger partial charge in [0.05, 0.1) is 24.7 Å². The second-order valence-electron chi connectivity index (χ2n) is 6.49. The van der Waals surface area contributed by atoms with Gasteiger partial charge in [0.1, 0.15) is 11.5 Å². The van der Waals surface area contributed by atoms with Crippen LogP contribution in [0.1, 0.15) is 12.8 Å². The van der Waals surface area contributed by atoms with E-state index in [1.54, 1.807) is 36.4 Å². The number of hydrogen-bond acceptors (Lipinski definition) is 8. The van der Waals surface area contributed by atoms with Crippen molar-refractivity contribution in [2.45, 2.75) is 12.8 Å². The van der Waals surface area contributed by atoms with Crippen molar-refractivity contribution in [2.24, 2.45) is 0 Å². The minimum atomic E-state index is -4.08. The molecule has 0 fully saturated rings. The fourth-order valence-corrected chi connectivity index (χ4v) is 3.57. The molecule has 0 radical (unpaired) electrons. The molecule has 0 atom stereocenters. The first-order valence-corrected chi connectivity index (χ1v) is 12.1. The van der Waals surface area contributed by atoms with Crippen LogP contribution in [0.5, 0.6) is 11.5 Å². The Kier molecular flexibility index (Phi) is 7.89. The third-order valence-electron chi connectivity index (χ3n) is 3.91. The van der Waals surface area contributed by atoms with Gasteiger partial charge in [-0.2, -0.15) is 16.8 Å². The van der Waals surface area contributed by atoms with Crippen molar-refractivity contribution < 1.29 is 35.4 Å². The Labute approximate surface area is 175 Å². The molecule has 0 aliphatic rings. The van der Waals surface area contributed by atoms with E-state index in [9.17, 15) is 16.8 Å². The van der Waals surface area contributed by atoms with Crippen LogP contribution in [0.3, 0.4) is 0 Å². The van der Waals surface area contributed by atoms with E-state index in [1.807, 2.05) is 0 Å². The molecule has 166 valence electrons. The lowest BCUT2D eigenvalue weighted by Crippen LogP contribution is -2.10. The zero-order valence-corrected chi connectivity index (χ0v) is 17.7. The monoisotopic (exact) mass is 460 g/mol. The summed E-state index contributed by atoms with van der Waals surface area (Å²) in [4.78, 5) is 0. The van der Waals surface area contributed by atoms with Gasteiger partial charge >= 0.3 is 0 Å². The summed E-state index contributed by atoms with van der Waals surface area (Å²) < 4.78 is 72.4. The van der Waals surface area contributed by atoms with E-state index in [0.29, 0.717) is 34.0 Å². The Morgan fingerprint density at radius 2 is 1.07 bits per heavy atom. The topological polar surface area (TPSA) is 179 Å². The second kappa shape index (κ2) is 9.98. The summed E-state index contributed by atoms with van der Waals surface area (Å²) in [6, 6.07) is 9.84. The second-order valence-corrected chi connectivity index (χ2v) is 9.63. The lowest BCUT2D eigenvalue weighted by atomic mass is 10.0. The zero-order chi connectivity index (χ0) is 22.4. The number of anilines is 2. The van der Waals surface area contributed by atoms with Crippen LogP contribution in [0.25, 0.3) is 11.1 Å². The smallest absolute Gasteiger partial charge is 0.264 e. The predicted molar refractivity (Wildman–Crippen MR) is 114 cm³/mol. The Bertz CT molecular complexity index is 998. The fourth-order valence-electron chi connectivity index (χ4n) is 2.61. The van der Waals surface area contributed by atoms with Gasteiger partial charge in [-0.25, -0.2) is 0 Å². The molecule has 0 aromatic heterocycles. The first-order chi connectivity index (χ1) is 13.9. The number of nitrogens with two attached hydrogens (primary N) is 2. The van der Waals surface area contributed by atoms with Crippen molar-refractivity contribution >= 4 is 31.6 Å². The lowest BCUT2D eigenvalue weighted by molar-refractivity contribution is 0.313. The van der Waals surface area contributed by atoms with Gasteiger partial charge in [0.15, 0.2) is 0 Å². The number of nitrogen functional groups attached to an aromatic ring is 2. The van der Waals surface area contributed by atoms with E-state index in [2.05, 4.69) is 0 Å². The molecule has 0 saturated carbocycles. The molecule has 2 aromatic carbocycles. The number of rotatable bonds is 11. The Hall–Kier alpha value is -2.54. The van der Waals surface area contributed by atoms with E-state index in [4.69, 9.17) is 30.0 Å². The minimum Gasteiger partial charge on any atom is -0.493 e. The van der Waals surface area contributed by atoms with Crippen molar-refractivity contribution in [1.82, 2.24) is 0 Å². The normalized spacial score (nSPS) is 11.9. The van der Waals surface area contributed by atoms with E-state index >= 15 is 0 Å². The van der Waals surface area contributed by atoms with E-state index < -0.39 is 31.7 Å². The average molecular weight is 461 g/mol. The van der Waals surface area contributed by atoms with Crippen LogP contribution in [0.4, 0.5) is 11.4 Å². The first-order valence-electron chi connectivity index (χ1n) is 8.90. The molecule has 0 spiro atoms. The van der Waals surface area contributed by atoms with Crippen molar-refractivity contribution in [3.63, 3.8) is 0 Å².